The van der Waals surface area contributed by atoms with Crippen LogP contribution in [0.3, 0.4) is 0 Å². The van der Waals surface area contributed by atoms with E-state index in [2.05, 4.69) is 215 Å². The molecule has 0 radical (unpaired) electrons. The fourth-order valence-corrected chi connectivity index (χ4v) is 12.5. The van der Waals surface area contributed by atoms with E-state index in [-0.39, 0.29) is 5.41 Å². The average molecular weight is 819 g/mol. The molecule has 2 aromatic heterocycles. The Morgan fingerprint density at radius 1 is 0.397 bits per heavy atom. The van der Waals surface area contributed by atoms with Gasteiger partial charge in [-0.3, -0.25) is 0 Å². The van der Waals surface area contributed by atoms with Gasteiger partial charge in [-0.25, -0.2) is 0 Å². The van der Waals surface area contributed by atoms with Gasteiger partial charge in [0, 0.05) is 36.6 Å². The number of nitrogens with zero attached hydrogens (tertiary/aromatic N) is 1. The lowest BCUT2D eigenvalue weighted by molar-refractivity contribution is 0.792. The molecule has 9 aromatic carbocycles. The first kappa shape index (κ1) is 32.6. The lowest BCUT2D eigenvalue weighted by Crippen LogP contribution is -2.26. The largest absolute Gasteiger partial charge is 0.309 e. The van der Waals surface area contributed by atoms with Crippen molar-refractivity contribution in [3.05, 3.63) is 221 Å². The van der Waals surface area contributed by atoms with Gasteiger partial charge in [-0.05, 0) is 125 Å². The summed E-state index contributed by atoms with van der Waals surface area (Å²) in [5, 5.41) is 6.29. The molecule has 58 heavy (non-hydrogen) atoms. The Balaban J connectivity index is 0.987. The Morgan fingerprint density at radius 3 is 1.69 bits per heavy atom. The number of benzene rings is 9. The maximum absolute atomic E-state index is 4.06. The third kappa shape index (κ3) is 4.25. The molecule has 13 rings (SSSR count). The lowest BCUT2D eigenvalue weighted by Gasteiger charge is -2.30. The fraction of sp³-hybridized carbons (Fsp3) is 0.0182. The number of hydrogen-bond donors (Lipinski definition) is 0. The molecule has 0 saturated heterocycles. The standard InChI is InChI=1S/C55H32BrNS/c56-53-45-31-35(25-29-52(45)58-54(53)43-19-11-13-33-12-1-2-14-37(33)43)34-24-28-51-44(30-34)42-18-6-10-23-50(42)57(51)36-26-27-41-40-17-5-9-22-48(40)55(49(41)32-36)46-20-7-3-15-38(46)39-16-4-8-21-47(39)55/h1-32H. The molecule has 0 unspecified atom stereocenters. The van der Waals surface area contributed by atoms with Gasteiger partial charge in [0.15, 0.2) is 0 Å². The van der Waals surface area contributed by atoms with Gasteiger partial charge in [-0.1, -0.05) is 152 Å². The van der Waals surface area contributed by atoms with Crippen molar-refractivity contribution < 1.29 is 0 Å². The minimum atomic E-state index is -0.386. The van der Waals surface area contributed by atoms with Crippen molar-refractivity contribution in [2.75, 3.05) is 0 Å². The van der Waals surface area contributed by atoms with Crippen LogP contribution in [0.4, 0.5) is 0 Å². The van der Waals surface area contributed by atoms with Crippen molar-refractivity contribution in [1.29, 1.82) is 0 Å². The van der Waals surface area contributed by atoms with Crippen molar-refractivity contribution in [3.8, 4) is 49.5 Å². The summed E-state index contributed by atoms with van der Waals surface area (Å²) in [6, 6.07) is 72.5. The molecule has 0 atom stereocenters. The maximum Gasteiger partial charge on any atom is 0.0726 e. The van der Waals surface area contributed by atoms with E-state index in [0.29, 0.717) is 0 Å². The summed E-state index contributed by atoms with van der Waals surface area (Å²) >= 11 is 5.92. The highest BCUT2D eigenvalue weighted by Crippen LogP contribution is 2.63. The van der Waals surface area contributed by atoms with Crippen LogP contribution < -0.4 is 0 Å². The van der Waals surface area contributed by atoms with Gasteiger partial charge in [0.2, 0.25) is 0 Å². The van der Waals surface area contributed by atoms with Gasteiger partial charge in [0.25, 0.3) is 0 Å². The number of halogens is 1. The Morgan fingerprint density at radius 2 is 0.948 bits per heavy atom. The topological polar surface area (TPSA) is 4.93 Å². The van der Waals surface area contributed by atoms with Gasteiger partial charge in [-0.15, -0.1) is 11.3 Å². The number of fused-ring (bicyclic) bond motifs is 15. The smallest absolute Gasteiger partial charge is 0.0726 e. The zero-order valence-electron chi connectivity index (χ0n) is 31.2. The summed E-state index contributed by atoms with van der Waals surface area (Å²) in [6.07, 6.45) is 0. The van der Waals surface area contributed by atoms with Gasteiger partial charge in [0.1, 0.15) is 0 Å². The number of para-hydroxylation sites is 1. The van der Waals surface area contributed by atoms with Crippen LogP contribution in [-0.2, 0) is 5.41 Å². The maximum atomic E-state index is 4.06. The molecule has 3 heteroatoms. The first-order valence-corrected chi connectivity index (χ1v) is 21.5. The third-order valence-corrected chi connectivity index (χ3v) is 15.2. The number of rotatable bonds is 3. The van der Waals surface area contributed by atoms with Gasteiger partial charge in [0.05, 0.1) is 21.3 Å². The van der Waals surface area contributed by atoms with E-state index in [4.69, 9.17) is 0 Å². The van der Waals surface area contributed by atoms with E-state index < -0.39 is 0 Å². The van der Waals surface area contributed by atoms with Crippen molar-refractivity contribution >= 4 is 69.9 Å². The summed E-state index contributed by atoms with van der Waals surface area (Å²) in [6.45, 7) is 0. The van der Waals surface area contributed by atoms with E-state index in [0.717, 1.165) is 4.47 Å². The lowest BCUT2D eigenvalue weighted by atomic mass is 9.70. The highest BCUT2D eigenvalue weighted by molar-refractivity contribution is 9.10. The highest BCUT2D eigenvalue weighted by Gasteiger charge is 2.51. The van der Waals surface area contributed by atoms with Gasteiger partial charge in [-0.2, -0.15) is 0 Å². The van der Waals surface area contributed by atoms with Gasteiger partial charge >= 0.3 is 0 Å². The zero-order valence-corrected chi connectivity index (χ0v) is 33.6. The molecule has 0 amide bonds. The first-order chi connectivity index (χ1) is 28.7. The van der Waals surface area contributed by atoms with Crippen molar-refractivity contribution in [2.45, 2.75) is 5.41 Å². The van der Waals surface area contributed by atoms with E-state index in [1.54, 1.807) is 0 Å². The van der Waals surface area contributed by atoms with Crippen LogP contribution in [0.25, 0.3) is 92.2 Å². The molecule has 0 N–H and O–H groups in total. The van der Waals surface area contributed by atoms with E-state index in [1.807, 2.05) is 11.3 Å². The summed E-state index contributed by atoms with van der Waals surface area (Å²) in [4.78, 5) is 1.27. The van der Waals surface area contributed by atoms with Crippen molar-refractivity contribution in [1.82, 2.24) is 4.57 Å². The second-order valence-electron chi connectivity index (χ2n) is 15.7. The molecule has 0 aliphatic heterocycles. The normalized spacial score (nSPS) is 13.4. The molecule has 270 valence electrons. The molecule has 0 saturated carbocycles. The Hall–Kier alpha value is -6.52. The fourth-order valence-electron chi connectivity index (χ4n) is 10.5. The van der Waals surface area contributed by atoms with E-state index in [1.165, 1.54) is 114 Å². The summed E-state index contributed by atoms with van der Waals surface area (Å²) in [7, 11) is 0. The second-order valence-corrected chi connectivity index (χ2v) is 17.5. The predicted molar refractivity (Wildman–Crippen MR) is 249 cm³/mol. The average Bonchev–Trinajstić information content (AvgIpc) is 3.99. The van der Waals surface area contributed by atoms with Gasteiger partial charge < -0.3 is 4.57 Å². The van der Waals surface area contributed by atoms with E-state index in [9.17, 15) is 0 Å². The Bertz CT molecular complexity index is 3480. The van der Waals surface area contributed by atoms with Crippen molar-refractivity contribution in [2.24, 2.45) is 0 Å². The number of thiophene rings is 1. The van der Waals surface area contributed by atoms with Crippen LogP contribution in [0.5, 0.6) is 0 Å². The first-order valence-electron chi connectivity index (χ1n) is 19.9. The molecule has 0 fully saturated rings. The van der Waals surface area contributed by atoms with Crippen LogP contribution >= 0.6 is 27.3 Å². The van der Waals surface area contributed by atoms with Crippen LogP contribution in [0.15, 0.2) is 199 Å². The van der Waals surface area contributed by atoms with Crippen molar-refractivity contribution in [3.63, 3.8) is 0 Å². The summed E-state index contributed by atoms with van der Waals surface area (Å²) < 4.78 is 4.92. The summed E-state index contributed by atoms with van der Waals surface area (Å²) in [5.41, 5.74) is 17.6. The predicted octanol–water partition coefficient (Wildman–Crippen LogP) is 15.6. The van der Waals surface area contributed by atoms with Crippen LogP contribution in [-0.4, -0.2) is 4.57 Å². The summed E-state index contributed by atoms with van der Waals surface area (Å²) in [5.74, 6) is 0. The zero-order chi connectivity index (χ0) is 38.1. The Kier molecular flexibility index (Phi) is 6.74. The van der Waals surface area contributed by atoms with E-state index >= 15 is 0 Å². The number of aromatic nitrogens is 1. The molecular weight excluding hydrogens is 787 g/mol. The third-order valence-electron chi connectivity index (χ3n) is 12.9. The second kappa shape index (κ2) is 12.0. The minimum absolute atomic E-state index is 0.386. The molecule has 2 aliphatic carbocycles. The minimum Gasteiger partial charge on any atom is -0.309 e. The highest BCUT2D eigenvalue weighted by atomic mass is 79.9. The molecule has 2 aliphatic rings. The SMILES string of the molecule is Brc1c(-c2cccc3ccccc23)sc2ccc(-c3ccc4c(c3)c3ccccc3n4-c3ccc4c(c3)C3(c5ccccc5-c5ccccc53)c3ccccc3-4)cc12. The van der Waals surface area contributed by atoms with Crippen LogP contribution in [0.1, 0.15) is 22.3 Å². The molecule has 0 bridgehead atoms. The molecule has 11 aromatic rings. The quantitative estimate of drug-likeness (QED) is 0.167. The molecule has 1 spiro atoms. The molecule has 2 heterocycles. The Labute approximate surface area is 348 Å². The van der Waals surface area contributed by atoms with Crippen LogP contribution in [0, 0.1) is 0 Å². The number of hydrogen-bond acceptors (Lipinski definition) is 1. The molecule has 1 nitrogen and oxygen atoms in total. The monoisotopic (exact) mass is 817 g/mol. The van der Waals surface area contributed by atoms with Crippen LogP contribution in [0.2, 0.25) is 0 Å². The molecular formula is C55H32BrNS.